The second kappa shape index (κ2) is 33.8. The molecule has 324 valence electrons. The summed E-state index contributed by atoms with van der Waals surface area (Å²) in [5, 5.41) is 31.3. The van der Waals surface area contributed by atoms with Gasteiger partial charge in [-0.1, -0.05) is 114 Å². The summed E-state index contributed by atoms with van der Waals surface area (Å²) < 4.78 is 32.7. The standard InChI is InChI=1S/C43H76NO11P/c1-3-5-7-8-9-10-11-12-13-14-15-16-17-18-24-28-43(49)55-37(35-54-56(50,51)53-32-31-44)34-52-42(48)27-23-20-19-22-26-38-39(41(47)33-40(38)46)30-29-36(45)25-21-6-4-2/h9-10,12-13,15-16,29-30,36-41,45-47H,3-8,11,14,17-28,31-35,44H2,1-2H3,(H,50,51)/b10-9-,13-12-,16-15-,30-29+/t36-,37+,38+,39+,40-,41+/m0/s1. The monoisotopic (exact) mass is 814 g/mol. The number of esters is 2. The third kappa shape index (κ3) is 27.5. The fraction of sp³-hybridized carbons (Fsp3) is 0.767. The third-order valence-corrected chi connectivity index (χ3v) is 10.8. The van der Waals surface area contributed by atoms with E-state index in [2.05, 4.69) is 50.3 Å². The predicted molar refractivity (Wildman–Crippen MR) is 221 cm³/mol. The maximum atomic E-state index is 12.6. The van der Waals surface area contributed by atoms with E-state index in [4.69, 9.17) is 24.3 Å². The van der Waals surface area contributed by atoms with Crippen LogP contribution in [0.3, 0.4) is 0 Å². The van der Waals surface area contributed by atoms with Gasteiger partial charge in [0.25, 0.3) is 0 Å². The van der Waals surface area contributed by atoms with E-state index >= 15 is 0 Å². The zero-order chi connectivity index (χ0) is 41.3. The second-order valence-corrected chi connectivity index (χ2v) is 16.3. The lowest BCUT2D eigenvalue weighted by Crippen LogP contribution is -2.29. The molecule has 6 N–H and O–H groups in total. The van der Waals surface area contributed by atoms with Crippen molar-refractivity contribution in [2.24, 2.45) is 17.6 Å². The first kappa shape index (κ1) is 51.9. The van der Waals surface area contributed by atoms with Crippen LogP contribution in [0.25, 0.3) is 0 Å². The van der Waals surface area contributed by atoms with Crippen molar-refractivity contribution in [3.8, 4) is 0 Å². The highest BCUT2D eigenvalue weighted by Crippen LogP contribution is 2.43. The molecule has 1 rings (SSSR count). The summed E-state index contributed by atoms with van der Waals surface area (Å²) in [7, 11) is -4.44. The van der Waals surface area contributed by atoms with Gasteiger partial charge in [-0.3, -0.25) is 18.6 Å². The summed E-state index contributed by atoms with van der Waals surface area (Å²) in [4.78, 5) is 35.0. The Morgan fingerprint density at radius 2 is 1.38 bits per heavy atom. The van der Waals surface area contributed by atoms with Crippen molar-refractivity contribution in [3.63, 3.8) is 0 Å². The smallest absolute Gasteiger partial charge is 0.462 e. The van der Waals surface area contributed by atoms with Crippen LogP contribution in [0, 0.1) is 11.8 Å². The average molecular weight is 814 g/mol. The number of rotatable bonds is 35. The van der Waals surface area contributed by atoms with Gasteiger partial charge >= 0.3 is 19.8 Å². The number of unbranched alkanes of at least 4 members (excludes halogenated alkanes) is 10. The molecule has 13 heteroatoms. The van der Waals surface area contributed by atoms with Crippen LogP contribution in [0.2, 0.25) is 0 Å². The van der Waals surface area contributed by atoms with Crippen LogP contribution in [-0.4, -0.2) is 82.9 Å². The molecule has 1 aliphatic carbocycles. The molecule has 0 aromatic carbocycles. The van der Waals surface area contributed by atoms with Gasteiger partial charge in [-0.25, -0.2) is 4.57 Å². The Labute approximate surface area is 337 Å². The van der Waals surface area contributed by atoms with Gasteiger partial charge in [-0.15, -0.1) is 0 Å². The lowest BCUT2D eigenvalue weighted by Gasteiger charge is -2.21. The molecule has 0 saturated heterocycles. The number of hydrogen-bond acceptors (Lipinski definition) is 11. The molecule has 0 spiro atoms. The summed E-state index contributed by atoms with van der Waals surface area (Å²) >= 11 is 0. The maximum Gasteiger partial charge on any atom is 0.472 e. The van der Waals surface area contributed by atoms with Crippen LogP contribution in [0.4, 0.5) is 0 Å². The van der Waals surface area contributed by atoms with Gasteiger partial charge in [0.2, 0.25) is 0 Å². The molecule has 1 fully saturated rings. The Balaban J connectivity index is 2.42. The fourth-order valence-electron chi connectivity index (χ4n) is 6.56. The van der Waals surface area contributed by atoms with Crippen LogP contribution in [0.5, 0.6) is 0 Å². The third-order valence-electron chi connectivity index (χ3n) is 9.79. The van der Waals surface area contributed by atoms with Crippen LogP contribution in [0.15, 0.2) is 48.6 Å². The number of hydrogen-bond donors (Lipinski definition) is 5. The highest BCUT2D eigenvalue weighted by atomic mass is 31.2. The van der Waals surface area contributed by atoms with E-state index < -0.39 is 50.8 Å². The molecule has 1 aliphatic rings. The fourth-order valence-corrected chi connectivity index (χ4v) is 7.32. The minimum atomic E-state index is -4.44. The highest BCUT2D eigenvalue weighted by molar-refractivity contribution is 7.47. The van der Waals surface area contributed by atoms with E-state index in [1.165, 1.54) is 19.3 Å². The second-order valence-electron chi connectivity index (χ2n) is 14.8. The summed E-state index contributed by atoms with van der Waals surface area (Å²) in [6, 6.07) is 0. The van der Waals surface area contributed by atoms with Gasteiger partial charge in [0.05, 0.1) is 31.5 Å². The van der Waals surface area contributed by atoms with E-state index in [1.807, 2.05) is 6.08 Å². The van der Waals surface area contributed by atoms with Crippen LogP contribution in [0.1, 0.15) is 149 Å². The number of ether oxygens (including phenoxy) is 2. The van der Waals surface area contributed by atoms with Gasteiger partial charge in [0, 0.05) is 31.7 Å². The van der Waals surface area contributed by atoms with E-state index in [9.17, 15) is 34.4 Å². The molecule has 0 aromatic heterocycles. The van der Waals surface area contributed by atoms with Crippen molar-refractivity contribution >= 4 is 19.8 Å². The van der Waals surface area contributed by atoms with Crippen LogP contribution >= 0.6 is 7.82 Å². The molecule has 12 nitrogen and oxygen atoms in total. The van der Waals surface area contributed by atoms with Crippen molar-refractivity contribution < 1.29 is 52.9 Å². The first-order valence-corrected chi connectivity index (χ1v) is 22.9. The van der Waals surface area contributed by atoms with E-state index in [0.29, 0.717) is 25.7 Å². The normalized spacial score (nSPS) is 21.1. The van der Waals surface area contributed by atoms with Crippen molar-refractivity contribution in [3.05, 3.63) is 48.6 Å². The number of aliphatic hydroxyl groups excluding tert-OH is 3. The molecule has 7 atom stereocenters. The molecule has 0 radical (unpaired) electrons. The first-order valence-electron chi connectivity index (χ1n) is 21.4. The van der Waals surface area contributed by atoms with E-state index in [1.54, 1.807) is 6.08 Å². The Bertz CT molecular complexity index is 1180. The molecule has 0 bridgehead atoms. The number of aliphatic hydroxyl groups is 3. The zero-order valence-electron chi connectivity index (χ0n) is 34.4. The molecular formula is C43H76NO11P. The lowest BCUT2D eigenvalue weighted by molar-refractivity contribution is -0.161. The number of carbonyl (C=O) groups excluding carboxylic acids is 2. The van der Waals surface area contributed by atoms with Gasteiger partial charge in [0.15, 0.2) is 6.10 Å². The summed E-state index contributed by atoms with van der Waals surface area (Å²) in [6.07, 6.45) is 30.7. The minimum Gasteiger partial charge on any atom is -0.462 e. The molecule has 1 saturated carbocycles. The topological polar surface area (TPSA) is 195 Å². The van der Waals surface area contributed by atoms with E-state index in [-0.39, 0.29) is 44.4 Å². The summed E-state index contributed by atoms with van der Waals surface area (Å²) in [5.41, 5.74) is 5.34. The number of phosphoric acid groups is 1. The molecule has 0 aliphatic heterocycles. The zero-order valence-corrected chi connectivity index (χ0v) is 35.3. The number of allylic oxidation sites excluding steroid dienone is 6. The quantitative estimate of drug-likeness (QED) is 0.0178. The largest absolute Gasteiger partial charge is 0.472 e. The average Bonchev–Trinajstić information content (AvgIpc) is 3.44. The molecule has 0 amide bonds. The molecular weight excluding hydrogens is 737 g/mol. The highest BCUT2D eigenvalue weighted by Gasteiger charge is 2.39. The van der Waals surface area contributed by atoms with E-state index in [0.717, 1.165) is 77.0 Å². The minimum absolute atomic E-state index is 0.0143. The predicted octanol–water partition coefficient (Wildman–Crippen LogP) is 8.32. The number of nitrogens with two attached hydrogens (primary N) is 1. The SMILES string of the molecule is CCCCC/C=C\C/C=C\C/C=C\CCCCC(=O)O[C@H](COC(=O)CCCCCC[C@@H]1[C@@H](/C=C/[C@@H](O)CCCCC)[C@H](O)C[C@@H]1O)COP(=O)(O)OCCN. The lowest BCUT2D eigenvalue weighted by atomic mass is 9.88. The Morgan fingerprint density at radius 1 is 0.768 bits per heavy atom. The number of phosphoric ester groups is 1. The first-order chi connectivity index (χ1) is 27.0. The summed E-state index contributed by atoms with van der Waals surface area (Å²) in [6.45, 7) is 3.30. The van der Waals surface area contributed by atoms with Crippen LogP contribution < -0.4 is 5.73 Å². The molecule has 0 heterocycles. The van der Waals surface area contributed by atoms with Crippen LogP contribution in [-0.2, 0) is 32.7 Å². The van der Waals surface area contributed by atoms with Gasteiger partial charge < -0.3 is 35.4 Å². The Kier molecular flexibility index (Phi) is 31.3. The van der Waals surface area contributed by atoms with Gasteiger partial charge in [0.1, 0.15) is 6.61 Å². The summed E-state index contributed by atoms with van der Waals surface area (Å²) in [5.74, 6) is -1.30. The van der Waals surface area contributed by atoms with Gasteiger partial charge in [-0.2, -0.15) is 0 Å². The molecule has 56 heavy (non-hydrogen) atoms. The Hall–Kier alpha value is -2.15. The van der Waals surface area contributed by atoms with Crippen molar-refractivity contribution in [2.45, 2.75) is 173 Å². The number of carbonyl (C=O) groups is 2. The van der Waals surface area contributed by atoms with Crippen molar-refractivity contribution in [2.75, 3.05) is 26.4 Å². The van der Waals surface area contributed by atoms with Crippen molar-refractivity contribution in [1.29, 1.82) is 0 Å². The molecule has 0 aromatic rings. The maximum absolute atomic E-state index is 12.6. The van der Waals surface area contributed by atoms with Crippen molar-refractivity contribution in [1.82, 2.24) is 0 Å². The molecule has 1 unspecified atom stereocenters. The Morgan fingerprint density at radius 3 is 2.05 bits per heavy atom. The van der Waals surface area contributed by atoms with Gasteiger partial charge in [-0.05, 0) is 70.1 Å².